The maximum atomic E-state index is 13.1. The Morgan fingerprint density at radius 1 is 1.06 bits per heavy atom. The highest BCUT2D eigenvalue weighted by molar-refractivity contribution is 6.31. The lowest BCUT2D eigenvalue weighted by Crippen LogP contribution is -2.54. The zero-order valence-corrected chi connectivity index (χ0v) is 18.6. The van der Waals surface area contributed by atoms with E-state index in [2.05, 4.69) is 4.90 Å². The van der Waals surface area contributed by atoms with E-state index >= 15 is 0 Å². The van der Waals surface area contributed by atoms with E-state index in [-0.39, 0.29) is 23.6 Å². The summed E-state index contributed by atoms with van der Waals surface area (Å²) in [7, 11) is 1.53. The largest absolute Gasteiger partial charge is 0.493 e. The fourth-order valence-corrected chi connectivity index (χ4v) is 4.79. The lowest BCUT2D eigenvalue weighted by atomic mass is 10.0. The normalized spacial score (nSPS) is 23.1. The van der Waals surface area contributed by atoms with Gasteiger partial charge in [-0.15, -0.1) is 0 Å². The van der Waals surface area contributed by atoms with E-state index in [1.807, 2.05) is 4.90 Å². The lowest BCUT2D eigenvalue weighted by molar-refractivity contribution is -0.131. The molecule has 4 rings (SSSR count). The van der Waals surface area contributed by atoms with Crippen LogP contribution in [0.15, 0.2) is 22.6 Å². The predicted octanol–water partition coefficient (Wildman–Crippen LogP) is 2.22. The third-order valence-corrected chi connectivity index (χ3v) is 6.55. The van der Waals surface area contributed by atoms with Gasteiger partial charge in [-0.1, -0.05) is 11.6 Å². The third-order valence-electron chi connectivity index (χ3n) is 6.33. The summed E-state index contributed by atoms with van der Waals surface area (Å²) in [6.45, 7) is 5.39. The molecule has 0 radical (unpaired) electrons. The van der Waals surface area contributed by atoms with Crippen LogP contribution in [0.3, 0.4) is 0 Å². The van der Waals surface area contributed by atoms with Crippen LogP contribution in [0.1, 0.15) is 30.3 Å². The number of amides is 2. The van der Waals surface area contributed by atoms with E-state index in [1.54, 1.807) is 30.0 Å². The molecule has 9 heteroatoms. The molecule has 2 aliphatic rings. The van der Waals surface area contributed by atoms with Crippen molar-refractivity contribution in [1.82, 2.24) is 14.7 Å². The topological polar surface area (TPSA) is 86.5 Å². The number of nitrogens with zero attached hydrogens (tertiary/aromatic N) is 3. The average molecular weight is 450 g/mol. The van der Waals surface area contributed by atoms with Gasteiger partial charge in [-0.3, -0.25) is 14.5 Å². The van der Waals surface area contributed by atoms with Gasteiger partial charge < -0.3 is 24.1 Å². The molecule has 2 aliphatic heterocycles. The average Bonchev–Trinajstić information content (AvgIpc) is 3.09. The van der Waals surface area contributed by atoms with Gasteiger partial charge in [0.15, 0.2) is 17.1 Å². The fourth-order valence-electron chi connectivity index (χ4n) is 4.57. The number of ether oxygens (including phenoxy) is 1. The van der Waals surface area contributed by atoms with Gasteiger partial charge in [-0.2, -0.15) is 0 Å². The Morgan fingerprint density at radius 2 is 1.77 bits per heavy atom. The number of rotatable bonds is 3. The summed E-state index contributed by atoms with van der Waals surface area (Å²) in [6, 6.07) is 5.05. The second-order valence-electron chi connectivity index (χ2n) is 8.18. The van der Waals surface area contributed by atoms with Crippen molar-refractivity contribution in [3.05, 3.63) is 29.0 Å². The number of hydrogen-bond donors (Lipinski definition) is 1. The smallest absolute Gasteiger partial charge is 0.289 e. The van der Waals surface area contributed by atoms with Crippen molar-refractivity contribution in [2.45, 2.75) is 31.9 Å². The number of hydrogen-bond acceptors (Lipinski definition) is 6. The molecule has 0 unspecified atom stereocenters. The van der Waals surface area contributed by atoms with Gasteiger partial charge >= 0.3 is 0 Å². The van der Waals surface area contributed by atoms with Gasteiger partial charge in [0.05, 0.1) is 13.2 Å². The molecule has 31 heavy (non-hydrogen) atoms. The van der Waals surface area contributed by atoms with Crippen LogP contribution in [0.4, 0.5) is 0 Å². The molecule has 2 saturated heterocycles. The number of likely N-dealkylation sites (tertiary alicyclic amines) is 1. The molecule has 1 aromatic heterocycles. The lowest BCUT2D eigenvalue weighted by Gasteiger charge is -2.40. The number of benzene rings is 1. The third kappa shape index (κ3) is 4.51. The SMILES string of the molecule is COc1cc(Cl)cc2cc(C(=O)N3CC[C@H](O)[C@@H](N4CCN(C(C)=O)CC4)CC3)oc12. The van der Waals surface area contributed by atoms with Gasteiger partial charge in [0.2, 0.25) is 5.91 Å². The first-order valence-electron chi connectivity index (χ1n) is 10.6. The van der Waals surface area contributed by atoms with E-state index in [1.165, 1.54) is 7.11 Å². The van der Waals surface area contributed by atoms with Crippen LogP contribution in [0, 0.1) is 0 Å². The van der Waals surface area contributed by atoms with Crippen molar-refractivity contribution < 1.29 is 23.8 Å². The van der Waals surface area contributed by atoms with Crippen molar-refractivity contribution in [3.8, 4) is 5.75 Å². The van der Waals surface area contributed by atoms with E-state index < -0.39 is 6.10 Å². The monoisotopic (exact) mass is 449 g/mol. The van der Waals surface area contributed by atoms with Crippen LogP contribution >= 0.6 is 11.6 Å². The summed E-state index contributed by atoms with van der Waals surface area (Å²) >= 11 is 6.12. The summed E-state index contributed by atoms with van der Waals surface area (Å²) in [5, 5.41) is 12.0. The van der Waals surface area contributed by atoms with Crippen molar-refractivity contribution in [1.29, 1.82) is 0 Å². The molecule has 0 saturated carbocycles. The molecule has 3 heterocycles. The van der Waals surface area contributed by atoms with Crippen LogP contribution in [0.25, 0.3) is 11.0 Å². The number of fused-ring (bicyclic) bond motifs is 1. The minimum absolute atomic E-state index is 0.0264. The van der Waals surface area contributed by atoms with Crippen molar-refractivity contribution in [3.63, 3.8) is 0 Å². The predicted molar refractivity (Wildman–Crippen MR) is 117 cm³/mol. The maximum absolute atomic E-state index is 13.1. The Kier molecular flexibility index (Phi) is 6.41. The van der Waals surface area contributed by atoms with Crippen molar-refractivity contribution in [2.75, 3.05) is 46.4 Å². The number of piperazine rings is 1. The van der Waals surface area contributed by atoms with E-state index in [9.17, 15) is 14.7 Å². The van der Waals surface area contributed by atoms with Gasteiger partial charge in [0, 0.05) is 68.7 Å². The molecular weight excluding hydrogens is 422 g/mol. The quantitative estimate of drug-likeness (QED) is 0.773. The highest BCUT2D eigenvalue weighted by atomic mass is 35.5. The molecule has 168 valence electrons. The summed E-state index contributed by atoms with van der Waals surface area (Å²) in [5.74, 6) is 0.599. The fraction of sp³-hybridized carbons (Fsp3) is 0.545. The molecule has 8 nitrogen and oxygen atoms in total. The zero-order chi connectivity index (χ0) is 22.1. The first-order chi connectivity index (χ1) is 14.9. The number of furan rings is 1. The molecule has 1 aromatic carbocycles. The molecule has 2 fully saturated rings. The molecule has 2 amide bonds. The molecule has 2 atom stereocenters. The Bertz CT molecular complexity index is 969. The maximum Gasteiger partial charge on any atom is 0.289 e. The second-order valence-corrected chi connectivity index (χ2v) is 8.62. The van der Waals surface area contributed by atoms with Crippen molar-refractivity contribution in [2.24, 2.45) is 0 Å². The number of carbonyl (C=O) groups is 2. The first kappa shape index (κ1) is 21.9. The van der Waals surface area contributed by atoms with E-state index in [4.69, 9.17) is 20.8 Å². The highest BCUT2D eigenvalue weighted by Gasteiger charge is 2.34. The second kappa shape index (κ2) is 9.06. The van der Waals surface area contributed by atoms with Crippen LogP contribution < -0.4 is 4.74 Å². The van der Waals surface area contributed by atoms with Gasteiger partial charge in [-0.25, -0.2) is 0 Å². The molecule has 0 aliphatic carbocycles. The van der Waals surface area contributed by atoms with Crippen molar-refractivity contribution >= 4 is 34.4 Å². The highest BCUT2D eigenvalue weighted by Crippen LogP contribution is 2.33. The minimum Gasteiger partial charge on any atom is -0.493 e. The van der Waals surface area contributed by atoms with E-state index in [0.29, 0.717) is 60.8 Å². The Balaban J connectivity index is 1.45. The van der Waals surface area contributed by atoms with Gasteiger partial charge in [0.1, 0.15) is 0 Å². The van der Waals surface area contributed by atoms with Crippen LogP contribution in [-0.4, -0.2) is 90.1 Å². The van der Waals surface area contributed by atoms with Gasteiger partial charge in [-0.05, 0) is 25.0 Å². The molecular formula is C22H28ClN3O5. The number of halogens is 1. The van der Waals surface area contributed by atoms with E-state index in [0.717, 1.165) is 13.1 Å². The van der Waals surface area contributed by atoms with Gasteiger partial charge in [0.25, 0.3) is 5.91 Å². The minimum atomic E-state index is -0.517. The summed E-state index contributed by atoms with van der Waals surface area (Å²) in [5.41, 5.74) is 0.492. The number of carbonyl (C=O) groups excluding carboxylic acids is 2. The molecule has 1 N–H and O–H groups in total. The molecule has 2 aromatic rings. The number of aliphatic hydroxyl groups excluding tert-OH is 1. The molecule has 0 bridgehead atoms. The standard InChI is InChI=1S/C22H28ClN3O5/c1-14(27)24-7-9-25(10-8-24)17-3-5-26(6-4-18(17)28)22(29)20-12-15-11-16(23)13-19(30-2)21(15)31-20/h11-13,17-18,28H,3-10H2,1-2H3/t17-,18-/m0/s1. The zero-order valence-electron chi connectivity index (χ0n) is 17.8. The van der Waals surface area contributed by atoms with Crippen LogP contribution in [0.5, 0.6) is 5.75 Å². The van der Waals surface area contributed by atoms with Crippen LogP contribution in [0.2, 0.25) is 5.02 Å². The first-order valence-corrected chi connectivity index (χ1v) is 11.0. The Morgan fingerprint density at radius 3 is 2.45 bits per heavy atom. The summed E-state index contributed by atoms with van der Waals surface area (Å²) in [6.07, 6.45) is 0.650. The number of aliphatic hydroxyl groups is 1. The number of methoxy groups -OCH3 is 1. The Labute approximate surface area is 186 Å². The summed E-state index contributed by atoms with van der Waals surface area (Å²) in [4.78, 5) is 30.5. The Hall–Kier alpha value is -2.29. The molecule has 0 spiro atoms. The van der Waals surface area contributed by atoms with Crippen LogP contribution in [-0.2, 0) is 4.79 Å². The summed E-state index contributed by atoms with van der Waals surface area (Å²) < 4.78 is 11.1.